The highest BCUT2D eigenvalue weighted by Gasteiger charge is 2.39. The van der Waals surface area contributed by atoms with E-state index in [1.165, 1.54) is 0 Å². The van der Waals surface area contributed by atoms with Gasteiger partial charge in [0.25, 0.3) is 0 Å². The topological polar surface area (TPSA) is 170 Å². The van der Waals surface area contributed by atoms with Crippen LogP contribution in [0, 0.1) is 13.8 Å². The highest BCUT2D eigenvalue weighted by atomic mass is 28.4. The molecule has 45 heavy (non-hydrogen) atoms. The van der Waals surface area contributed by atoms with E-state index in [4.69, 9.17) is 19.6 Å². The zero-order chi connectivity index (χ0) is 35.0. The molecule has 1 aromatic rings. The Balaban J connectivity index is 3.15. The zero-order valence-electron chi connectivity index (χ0n) is 29.4. The van der Waals surface area contributed by atoms with Crippen LogP contribution in [-0.4, -0.2) is 68.5 Å². The molecule has 1 rings (SSSR count). The molecule has 13 heteroatoms. The van der Waals surface area contributed by atoms with Gasteiger partial charge in [0.15, 0.2) is 0 Å². The van der Waals surface area contributed by atoms with Crippen LogP contribution < -0.4 is 26.1 Å². The van der Waals surface area contributed by atoms with Crippen molar-refractivity contribution in [1.29, 1.82) is 0 Å². The van der Waals surface area contributed by atoms with Crippen molar-refractivity contribution in [1.82, 2.24) is 16.0 Å². The molecule has 254 valence electrons. The molecule has 1 aromatic carbocycles. The minimum Gasteiger partial charge on any atom is -0.543 e. The average Bonchev–Trinajstić information content (AvgIpc) is 2.81. The molecule has 0 aliphatic heterocycles. The monoisotopic (exact) mass is 649 g/mol. The molecule has 12 nitrogen and oxygen atoms in total. The molecule has 0 fully saturated rings. The summed E-state index contributed by atoms with van der Waals surface area (Å²) in [6.07, 6.45) is -0.151. The normalized spacial score (nSPS) is 13.9. The zero-order valence-corrected chi connectivity index (χ0v) is 30.4. The molecule has 2 atom stereocenters. The van der Waals surface area contributed by atoms with Crippen LogP contribution in [0.3, 0.4) is 0 Å². The van der Waals surface area contributed by atoms with E-state index in [1.54, 1.807) is 41.5 Å². The molecule has 0 aliphatic rings. The number of nitrogens with one attached hydrogen (secondary N) is 3. The van der Waals surface area contributed by atoms with Crippen LogP contribution in [0.5, 0.6) is 5.75 Å². The summed E-state index contributed by atoms with van der Waals surface area (Å²) in [7, 11) is -2.07. The first-order chi connectivity index (χ1) is 20.3. The average molecular weight is 650 g/mol. The maximum atomic E-state index is 13.4. The summed E-state index contributed by atoms with van der Waals surface area (Å²) < 4.78 is 16.9. The number of hydrogen-bond acceptors (Lipinski definition) is 8. The van der Waals surface area contributed by atoms with Crippen molar-refractivity contribution in [3.8, 4) is 5.75 Å². The van der Waals surface area contributed by atoms with Crippen molar-refractivity contribution in [2.75, 3.05) is 6.54 Å². The number of carbonyl (C=O) groups excluding carboxylic acids is 4. The van der Waals surface area contributed by atoms with E-state index in [2.05, 4.69) is 54.8 Å². The maximum absolute atomic E-state index is 13.4. The van der Waals surface area contributed by atoms with Gasteiger partial charge in [0.05, 0.1) is 6.34 Å². The highest BCUT2D eigenvalue weighted by Crippen LogP contribution is 2.38. The number of rotatable bonds is 12. The Morgan fingerprint density at radius 1 is 0.911 bits per heavy atom. The summed E-state index contributed by atoms with van der Waals surface area (Å²) in [6, 6.07) is 1.76. The maximum Gasteiger partial charge on any atom is 0.412 e. The Labute approximate surface area is 269 Å². The third-order valence-electron chi connectivity index (χ3n) is 7.14. The largest absolute Gasteiger partial charge is 0.543 e. The second-order valence-corrected chi connectivity index (χ2v) is 19.4. The van der Waals surface area contributed by atoms with E-state index in [0.717, 1.165) is 28.8 Å². The molecular weight excluding hydrogens is 594 g/mol. The number of alkyl carbamates (subject to hydrolysis) is 2. The van der Waals surface area contributed by atoms with Crippen molar-refractivity contribution in [2.24, 2.45) is 10.7 Å². The SMILES string of the molecule is Cc1cc(O[Si](C)(C)C(C)(C)C)cc(C)c1CC(NC(=O)C(CCNC(=O)OC(C)(C)C)N=CNC(=O)OC(C)(C)C)C(N)=O. The first kappa shape index (κ1) is 39.4. The van der Waals surface area contributed by atoms with Gasteiger partial charge >= 0.3 is 12.2 Å². The lowest BCUT2D eigenvalue weighted by Crippen LogP contribution is -2.49. The Bertz CT molecular complexity index is 1220. The Hall–Kier alpha value is -3.61. The smallest absolute Gasteiger partial charge is 0.412 e. The minimum absolute atomic E-state index is 0.0265. The van der Waals surface area contributed by atoms with E-state index >= 15 is 0 Å². The number of aliphatic imine (C=N–C) groups is 1. The van der Waals surface area contributed by atoms with Gasteiger partial charge in [-0.1, -0.05) is 20.8 Å². The van der Waals surface area contributed by atoms with Crippen LogP contribution in [-0.2, 0) is 25.5 Å². The molecule has 0 aliphatic carbocycles. The number of primary amides is 1. The van der Waals surface area contributed by atoms with Gasteiger partial charge < -0.3 is 30.3 Å². The fourth-order valence-electron chi connectivity index (χ4n) is 3.86. The number of amides is 4. The number of ether oxygens (including phenoxy) is 2. The number of nitrogens with two attached hydrogens (primary N) is 1. The van der Waals surface area contributed by atoms with Crippen molar-refractivity contribution < 1.29 is 33.1 Å². The summed E-state index contributed by atoms with van der Waals surface area (Å²) in [6.45, 7) is 25.1. The van der Waals surface area contributed by atoms with Crippen LogP contribution in [0.25, 0.3) is 0 Å². The number of nitrogens with zero attached hydrogens (tertiary/aromatic N) is 1. The molecule has 5 N–H and O–H groups in total. The first-order valence-corrected chi connectivity index (χ1v) is 18.1. The quantitative estimate of drug-likeness (QED) is 0.140. The van der Waals surface area contributed by atoms with Crippen molar-refractivity contribution in [2.45, 2.75) is 130 Å². The lowest BCUT2D eigenvalue weighted by atomic mass is 9.95. The van der Waals surface area contributed by atoms with E-state index in [0.29, 0.717) is 0 Å². The lowest BCUT2D eigenvalue weighted by molar-refractivity contribution is -0.128. The minimum atomic E-state index is -2.07. The molecule has 0 saturated heterocycles. The van der Waals surface area contributed by atoms with Gasteiger partial charge in [0, 0.05) is 13.0 Å². The highest BCUT2D eigenvalue weighted by molar-refractivity contribution is 6.74. The lowest BCUT2D eigenvalue weighted by Gasteiger charge is -2.36. The molecule has 2 unspecified atom stereocenters. The standard InChI is InChI=1S/C32H55N5O7Si/c1-20-16-22(44-45(12,13)32(9,10)11)17-21(2)23(20)18-25(26(33)38)37-27(39)24(14-15-34-28(40)42-30(3,4)5)35-19-36-29(41)43-31(6,7)8/h16-17,19,24-25H,14-15,18H2,1-13H3,(H2,33,38)(H,34,40)(H,37,39)(H,35,36,41). The molecule has 0 spiro atoms. The third-order valence-corrected chi connectivity index (χ3v) is 11.5. The van der Waals surface area contributed by atoms with E-state index in [-0.39, 0.29) is 24.4 Å². The molecule has 0 radical (unpaired) electrons. The van der Waals surface area contributed by atoms with Gasteiger partial charge in [-0.05, 0) is 109 Å². The summed E-state index contributed by atoms with van der Waals surface area (Å²) in [4.78, 5) is 54.3. The Morgan fingerprint density at radius 2 is 1.42 bits per heavy atom. The molecule has 0 saturated carbocycles. The van der Waals surface area contributed by atoms with Crippen LogP contribution in [0.15, 0.2) is 17.1 Å². The fourth-order valence-corrected chi connectivity index (χ4v) is 4.88. The summed E-state index contributed by atoms with van der Waals surface area (Å²) >= 11 is 0. The van der Waals surface area contributed by atoms with Crippen LogP contribution in [0.2, 0.25) is 18.1 Å². The molecular formula is C32H55N5O7Si. The number of benzene rings is 1. The molecule has 0 aromatic heterocycles. The third kappa shape index (κ3) is 14.4. The summed E-state index contributed by atoms with van der Waals surface area (Å²) in [5.41, 5.74) is 6.98. The van der Waals surface area contributed by atoms with Crippen molar-refractivity contribution >= 4 is 38.7 Å². The van der Waals surface area contributed by atoms with E-state index in [9.17, 15) is 19.2 Å². The summed E-state index contributed by atoms with van der Waals surface area (Å²) in [5.74, 6) is -0.560. The van der Waals surface area contributed by atoms with Gasteiger partial charge in [-0.15, -0.1) is 0 Å². The molecule has 0 bridgehead atoms. The van der Waals surface area contributed by atoms with Crippen molar-refractivity contribution in [3.63, 3.8) is 0 Å². The van der Waals surface area contributed by atoms with Gasteiger partial charge in [-0.2, -0.15) is 0 Å². The Morgan fingerprint density at radius 3 is 1.89 bits per heavy atom. The van der Waals surface area contributed by atoms with Gasteiger partial charge in [-0.3, -0.25) is 19.9 Å². The molecule has 0 heterocycles. The summed E-state index contributed by atoms with van der Waals surface area (Å²) in [5, 5.41) is 7.69. The predicted molar refractivity (Wildman–Crippen MR) is 179 cm³/mol. The van der Waals surface area contributed by atoms with Crippen LogP contribution in [0.1, 0.15) is 85.4 Å². The second kappa shape index (κ2) is 15.6. The predicted octanol–water partition coefficient (Wildman–Crippen LogP) is 5.04. The first-order valence-electron chi connectivity index (χ1n) is 15.2. The van der Waals surface area contributed by atoms with Crippen LogP contribution in [0.4, 0.5) is 9.59 Å². The van der Waals surface area contributed by atoms with Gasteiger partial charge in [0.2, 0.25) is 20.1 Å². The van der Waals surface area contributed by atoms with Crippen molar-refractivity contribution in [3.05, 3.63) is 28.8 Å². The van der Waals surface area contributed by atoms with E-state index < -0.39 is 55.6 Å². The van der Waals surface area contributed by atoms with Gasteiger partial charge in [0.1, 0.15) is 29.0 Å². The number of hydrogen-bond donors (Lipinski definition) is 4. The molecule has 4 amide bonds. The fraction of sp³-hybridized carbons (Fsp3) is 0.656. The number of carbonyl (C=O) groups is 4. The Kier molecular flexibility index (Phi) is 13.7. The number of aryl methyl sites for hydroxylation is 2. The second-order valence-electron chi connectivity index (χ2n) is 14.7. The van der Waals surface area contributed by atoms with E-state index in [1.807, 2.05) is 26.0 Å². The van der Waals surface area contributed by atoms with Gasteiger partial charge in [-0.25, -0.2) is 9.59 Å². The van der Waals surface area contributed by atoms with Crippen LogP contribution >= 0.6 is 0 Å².